The van der Waals surface area contributed by atoms with Crippen molar-refractivity contribution in [2.45, 2.75) is 38.0 Å². The van der Waals surface area contributed by atoms with Gasteiger partial charge in [0.05, 0.1) is 22.4 Å². The standard InChI is InChI=1S/C24H24N4O3/c1-23(2)16-12-13-24(23,21-20(16)25-17-10-6-7-11-18(17)26-21)22(30)28-27-19(29)14-31-15-8-4-3-5-9-15/h3-11,16H,12-14H2,1-2H3,(H,27,29)(H,28,30). The van der Waals surface area contributed by atoms with Gasteiger partial charge in [-0.25, -0.2) is 9.97 Å². The van der Waals surface area contributed by atoms with Crippen LogP contribution >= 0.6 is 0 Å². The molecule has 2 bridgehead atoms. The number of ether oxygens (including phenoxy) is 1. The lowest BCUT2D eigenvalue weighted by atomic mass is 9.68. The Balaban J connectivity index is 1.37. The van der Waals surface area contributed by atoms with E-state index in [0.29, 0.717) is 12.2 Å². The molecule has 2 aliphatic rings. The van der Waals surface area contributed by atoms with E-state index in [1.807, 2.05) is 42.5 Å². The number of hydrogen-bond acceptors (Lipinski definition) is 5. The van der Waals surface area contributed by atoms with Crippen molar-refractivity contribution >= 4 is 22.8 Å². The molecule has 2 unspecified atom stereocenters. The smallest absolute Gasteiger partial charge is 0.276 e. The van der Waals surface area contributed by atoms with Crippen molar-refractivity contribution in [2.24, 2.45) is 5.41 Å². The van der Waals surface area contributed by atoms with Gasteiger partial charge < -0.3 is 4.74 Å². The Morgan fingerprint density at radius 3 is 2.42 bits per heavy atom. The van der Waals surface area contributed by atoms with E-state index >= 15 is 0 Å². The molecule has 7 heteroatoms. The summed E-state index contributed by atoms with van der Waals surface area (Å²) in [7, 11) is 0. The topological polar surface area (TPSA) is 93.2 Å². The average Bonchev–Trinajstić information content (AvgIpc) is 3.16. The van der Waals surface area contributed by atoms with Gasteiger partial charge in [0.2, 0.25) is 0 Å². The second-order valence-electron chi connectivity index (χ2n) is 8.77. The zero-order chi connectivity index (χ0) is 21.6. The van der Waals surface area contributed by atoms with Gasteiger partial charge in [-0.1, -0.05) is 44.2 Å². The predicted octanol–water partition coefficient (Wildman–Crippen LogP) is 3.01. The summed E-state index contributed by atoms with van der Waals surface area (Å²) in [5.41, 5.74) is 7.20. The molecular weight excluding hydrogens is 392 g/mol. The van der Waals surface area contributed by atoms with E-state index in [1.165, 1.54) is 0 Å². The van der Waals surface area contributed by atoms with E-state index in [9.17, 15) is 9.59 Å². The molecule has 3 aromatic rings. The van der Waals surface area contributed by atoms with Crippen LogP contribution in [0.2, 0.25) is 0 Å². The second kappa shape index (κ2) is 7.04. The molecule has 2 aliphatic carbocycles. The third-order valence-electron chi connectivity index (χ3n) is 6.93. The van der Waals surface area contributed by atoms with Crippen molar-refractivity contribution in [3.63, 3.8) is 0 Å². The summed E-state index contributed by atoms with van der Waals surface area (Å²) in [4.78, 5) is 35.5. The van der Waals surface area contributed by atoms with Crippen molar-refractivity contribution in [2.75, 3.05) is 6.61 Å². The first-order valence-corrected chi connectivity index (χ1v) is 10.5. The summed E-state index contributed by atoms with van der Waals surface area (Å²) in [6.07, 6.45) is 1.54. The number of fused-ring (bicyclic) bond motifs is 6. The zero-order valence-corrected chi connectivity index (χ0v) is 17.5. The minimum atomic E-state index is -0.836. The third kappa shape index (κ3) is 2.87. The Hall–Kier alpha value is -3.48. The van der Waals surface area contributed by atoms with E-state index in [0.717, 1.165) is 28.8 Å². The molecular formula is C24H24N4O3. The van der Waals surface area contributed by atoms with Crippen LogP contribution in [0, 0.1) is 5.41 Å². The Morgan fingerprint density at radius 2 is 1.68 bits per heavy atom. The first kappa shape index (κ1) is 19.5. The maximum absolute atomic E-state index is 13.5. The summed E-state index contributed by atoms with van der Waals surface area (Å²) in [5, 5.41) is 0. The predicted molar refractivity (Wildman–Crippen MR) is 115 cm³/mol. The molecule has 158 valence electrons. The van der Waals surface area contributed by atoms with Gasteiger partial charge in [-0.05, 0) is 42.5 Å². The highest BCUT2D eigenvalue weighted by molar-refractivity contribution is 5.93. The van der Waals surface area contributed by atoms with Gasteiger partial charge >= 0.3 is 0 Å². The van der Waals surface area contributed by atoms with Crippen molar-refractivity contribution in [1.82, 2.24) is 20.8 Å². The van der Waals surface area contributed by atoms with Crippen LogP contribution in [-0.4, -0.2) is 28.4 Å². The monoisotopic (exact) mass is 416 g/mol. The van der Waals surface area contributed by atoms with Gasteiger partial charge in [-0.15, -0.1) is 0 Å². The van der Waals surface area contributed by atoms with Gasteiger partial charge in [-0.2, -0.15) is 0 Å². The quantitative estimate of drug-likeness (QED) is 0.638. The van der Waals surface area contributed by atoms with Gasteiger partial charge in [0, 0.05) is 5.92 Å². The summed E-state index contributed by atoms with van der Waals surface area (Å²) in [5.74, 6) is 0.0665. The number of hydrogen-bond donors (Lipinski definition) is 2. The number of benzene rings is 2. The molecule has 1 saturated carbocycles. The molecule has 0 aliphatic heterocycles. The number of carbonyl (C=O) groups is 2. The van der Waals surface area contributed by atoms with Crippen LogP contribution in [0.15, 0.2) is 54.6 Å². The fourth-order valence-electron chi connectivity index (χ4n) is 5.26. The number of amides is 2. The molecule has 7 nitrogen and oxygen atoms in total. The minimum absolute atomic E-state index is 0.155. The Kier molecular flexibility index (Phi) is 4.43. The minimum Gasteiger partial charge on any atom is -0.484 e. The molecule has 2 amide bonds. The fourth-order valence-corrected chi connectivity index (χ4v) is 5.26. The first-order chi connectivity index (χ1) is 14.9. The maximum Gasteiger partial charge on any atom is 0.276 e. The van der Waals surface area contributed by atoms with Crippen molar-refractivity contribution in [3.8, 4) is 5.75 Å². The second-order valence-corrected chi connectivity index (χ2v) is 8.77. The Morgan fingerprint density at radius 1 is 1.00 bits per heavy atom. The van der Waals surface area contributed by atoms with Crippen LogP contribution in [0.3, 0.4) is 0 Å². The van der Waals surface area contributed by atoms with Gasteiger partial charge in [0.1, 0.15) is 11.2 Å². The number of hydrazine groups is 1. The van der Waals surface area contributed by atoms with E-state index in [1.54, 1.807) is 12.1 Å². The normalized spacial score (nSPS) is 22.7. The first-order valence-electron chi connectivity index (χ1n) is 10.5. The number of para-hydroxylation sites is 3. The van der Waals surface area contributed by atoms with E-state index < -0.39 is 11.3 Å². The van der Waals surface area contributed by atoms with Crippen LogP contribution in [0.5, 0.6) is 5.75 Å². The van der Waals surface area contributed by atoms with Crippen molar-refractivity contribution < 1.29 is 14.3 Å². The number of nitrogens with one attached hydrogen (secondary N) is 2. The average molecular weight is 416 g/mol. The lowest BCUT2D eigenvalue weighted by molar-refractivity contribution is -0.135. The summed E-state index contributed by atoms with van der Waals surface area (Å²) >= 11 is 0. The molecule has 0 spiro atoms. The van der Waals surface area contributed by atoms with Crippen molar-refractivity contribution in [3.05, 3.63) is 66.0 Å². The number of rotatable bonds is 4. The van der Waals surface area contributed by atoms with Crippen LogP contribution in [0.25, 0.3) is 11.0 Å². The van der Waals surface area contributed by atoms with Crippen LogP contribution < -0.4 is 15.6 Å². The van der Waals surface area contributed by atoms with E-state index in [2.05, 4.69) is 24.7 Å². The molecule has 1 fully saturated rings. The van der Waals surface area contributed by atoms with E-state index in [-0.39, 0.29) is 23.8 Å². The highest BCUT2D eigenvalue weighted by Gasteiger charge is 2.68. The lowest BCUT2D eigenvalue weighted by Gasteiger charge is -2.36. The van der Waals surface area contributed by atoms with Gasteiger partial charge in [0.15, 0.2) is 6.61 Å². The molecule has 2 atom stereocenters. The fraction of sp³-hybridized carbons (Fsp3) is 0.333. The molecule has 5 rings (SSSR count). The van der Waals surface area contributed by atoms with Gasteiger partial charge in [-0.3, -0.25) is 20.4 Å². The number of nitrogens with zero attached hydrogens (tertiary/aromatic N) is 2. The van der Waals surface area contributed by atoms with Crippen LogP contribution in [-0.2, 0) is 15.0 Å². The molecule has 0 radical (unpaired) electrons. The highest BCUT2D eigenvalue weighted by atomic mass is 16.5. The Bertz CT molecular complexity index is 1180. The Labute approximate surface area is 180 Å². The molecule has 0 saturated heterocycles. The summed E-state index contributed by atoms with van der Waals surface area (Å²) in [6.45, 7) is 4.00. The van der Waals surface area contributed by atoms with Crippen LogP contribution in [0.1, 0.15) is 44.0 Å². The lowest BCUT2D eigenvalue weighted by Crippen LogP contribution is -2.55. The summed E-state index contributed by atoms with van der Waals surface area (Å²) < 4.78 is 5.44. The molecule has 2 N–H and O–H groups in total. The molecule has 1 aromatic heterocycles. The zero-order valence-electron chi connectivity index (χ0n) is 17.5. The maximum atomic E-state index is 13.5. The summed E-state index contributed by atoms with van der Waals surface area (Å²) in [6, 6.07) is 16.8. The number of carbonyl (C=O) groups excluding carboxylic acids is 2. The SMILES string of the molecule is CC1(C)C2CCC1(C(=O)NNC(=O)COc1ccccc1)c1nc3ccccc3nc12. The van der Waals surface area contributed by atoms with Gasteiger partial charge in [0.25, 0.3) is 11.8 Å². The molecule has 1 heterocycles. The van der Waals surface area contributed by atoms with Crippen molar-refractivity contribution in [1.29, 1.82) is 0 Å². The van der Waals surface area contributed by atoms with Crippen LogP contribution in [0.4, 0.5) is 0 Å². The molecule has 31 heavy (non-hydrogen) atoms. The highest BCUT2D eigenvalue weighted by Crippen LogP contribution is 2.67. The van der Waals surface area contributed by atoms with E-state index in [4.69, 9.17) is 14.7 Å². The number of aromatic nitrogens is 2. The third-order valence-corrected chi connectivity index (χ3v) is 6.93. The largest absolute Gasteiger partial charge is 0.484 e. The molecule has 2 aromatic carbocycles.